The van der Waals surface area contributed by atoms with Gasteiger partial charge in [0.05, 0.1) is 16.7 Å². The van der Waals surface area contributed by atoms with Gasteiger partial charge in [-0.15, -0.1) is 0 Å². The van der Waals surface area contributed by atoms with Crippen LogP contribution in [-0.4, -0.2) is 19.5 Å². The van der Waals surface area contributed by atoms with Crippen molar-refractivity contribution in [1.29, 1.82) is 0 Å². The maximum atomic E-state index is 6.87. The van der Waals surface area contributed by atoms with Gasteiger partial charge in [-0.05, 0) is 110 Å². The van der Waals surface area contributed by atoms with Crippen LogP contribution in [-0.2, 0) is 0 Å². The largest absolute Gasteiger partial charge is 0.456 e. The van der Waals surface area contributed by atoms with Crippen LogP contribution >= 0.6 is 0 Å². The molecule has 0 spiro atoms. The molecule has 11 aromatic carbocycles. The Morgan fingerprint density at radius 3 is 1.37 bits per heavy atom. The quantitative estimate of drug-likeness (QED) is 0.176. The second-order valence-corrected chi connectivity index (χ2v) is 17.6. The predicted octanol–water partition coefficient (Wildman–Crippen LogP) is 16.4. The molecule has 0 N–H and O–H groups in total. The highest BCUT2D eigenvalue weighted by molar-refractivity contribution is 6.23. The minimum atomic E-state index is 0.576. The van der Waals surface area contributed by atoms with Crippen molar-refractivity contribution >= 4 is 109 Å². The van der Waals surface area contributed by atoms with Gasteiger partial charge in [-0.2, -0.15) is 0 Å². The highest BCUT2D eigenvalue weighted by Gasteiger charge is 2.22. The maximum Gasteiger partial charge on any atom is 0.164 e. The van der Waals surface area contributed by atoms with Crippen LogP contribution in [0.3, 0.4) is 0 Å². The van der Waals surface area contributed by atoms with E-state index in [1.807, 2.05) is 30.3 Å². The van der Waals surface area contributed by atoms with E-state index in [0.29, 0.717) is 17.5 Å². The van der Waals surface area contributed by atoms with Crippen LogP contribution in [0.4, 0.5) is 0 Å². The molecule has 0 radical (unpaired) electrons. The minimum absolute atomic E-state index is 0.576. The van der Waals surface area contributed by atoms with Gasteiger partial charge in [-0.3, -0.25) is 0 Å². The molecule has 4 heterocycles. The number of hydrogen-bond donors (Lipinski definition) is 0. The first kappa shape index (κ1) is 36.2. The van der Waals surface area contributed by atoms with Crippen molar-refractivity contribution in [2.45, 2.75) is 0 Å². The average Bonchev–Trinajstić information content (AvgIpc) is 4.05. The van der Waals surface area contributed by atoms with E-state index in [1.165, 1.54) is 32.3 Å². The third kappa shape index (κ3) is 5.47. The molecule has 0 aliphatic rings. The van der Waals surface area contributed by atoms with E-state index in [1.54, 1.807) is 0 Å². The lowest BCUT2D eigenvalue weighted by Crippen LogP contribution is -2.00. The summed E-state index contributed by atoms with van der Waals surface area (Å²) in [5, 5.41) is 15.9. The van der Waals surface area contributed by atoms with Crippen molar-refractivity contribution in [2.75, 3.05) is 0 Å². The molecule has 0 amide bonds. The molecular weight excluding hydrogens is 821 g/mol. The van der Waals surface area contributed by atoms with Crippen molar-refractivity contribution in [2.24, 2.45) is 0 Å². The van der Waals surface area contributed by atoms with Gasteiger partial charge in [0.2, 0.25) is 0 Å². The number of nitrogens with zero attached hydrogens (tertiary/aromatic N) is 4. The Morgan fingerprint density at radius 1 is 0.284 bits per heavy atom. The van der Waals surface area contributed by atoms with E-state index in [0.717, 1.165) is 98.8 Å². The molecule has 4 aromatic heterocycles. The molecule has 0 saturated carbocycles. The molecule has 6 heteroatoms. The Kier molecular flexibility index (Phi) is 7.40. The summed E-state index contributed by atoms with van der Waals surface area (Å²) < 4.78 is 15.5. The Hall–Kier alpha value is -9.13. The Bertz CT molecular complexity index is 4500. The number of fused-ring (bicyclic) bond motifs is 14. The third-order valence-electron chi connectivity index (χ3n) is 13.7. The molecular formula is C61H34N4O2. The van der Waals surface area contributed by atoms with Gasteiger partial charge < -0.3 is 13.4 Å². The van der Waals surface area contributed by atoms with Crippen LogP contribution in [0.1, 0.15) is 0 Å². The SMILES string of the molecule is c1ccc2cc(-c3nc(-c4ccc5oc6ccccc6c5c4)nc(-c4ccc5oc6cc(-n7c8cc9ccccc9cc8c8cc9ccccc9cc87)c7ccccc7c6c5c4)n3)ccc2c1. The topological polar surface area (TPSA) is 69.9 Å². The number of aromatic nitrogens is 4. The van der Waals surface area contributed by atoms with E-state index < -0.39 is 0 Å². The second kappa shape index (κ2) is 13.7. The molecule has 15 rings (SSSR count). The Morgan fingerprint density at radius 2 is 0.731 bits per heavy atom. The van der Waals surface area contributed by atoms with Crippen molar-refractivity contribution < 1.29 is 8.83 Å². The summed E-state index contributed by atoms with van der Waals surface area (Å²) in [6, 6.07) is 72.9. The summed E-state index contributed by atoms with van der Waals surface area (Å²) in [6.07, 6.45) is 0. The number of para-hydroxylation sites is 1. The molecule has 0 bridgehead atoms. The lowest BCUT2D eigenvalue weighted by atomic mass is 10.0. The van der Waals surface area contributed by atoms with E-state index in [-0.39, 0.29) is 0 Å². The van der Waals surface area contributed by atoms with Gasteiger partial charge in [0, 0.05) is 60.5 Å². The first-order valence-corrected chi connectivity index (χ1v) is 22.6. The molecule has 15 aromatic rings. The van der Waals surface area contributed by atoms with Crippen LogP contribution in [0.5, 0.6) is 0 Å². The van der Waals surface area contributed by atoms with E-state index in [9.17, 15) is 0 Å². The predicted molar refractivity (Wildman–Crippen MR) is 275 cm³/mol. The van der Waals surface area contributed by atoms with Crippen molar-refractivity contribution in [3.63, 3.8) is 0 Å². The van der Waals surface area contributed by atoms with Gasteiger partial charge in [0.1, 0.15) is 22.3 Å². The monoisotopic (exact) mass is 854 g/mol. The molecule has 310 valence electrons. The summed E-state index contributed by atoms with van der Waals surface area (Å²) in [5.41, 5.74) is 9.30. The number of rotatable bonds is 4. The fourth-order valence-electron chi connectivity index (χ4n) is 10.6. The summed E-state index contributed by atoms with van der Waals surface area (Å²) in [5.74, 6) is 1.76. The molecule has 0 aliphatic heterocycles. The van der Waals surface area contributed by atoms with Gasteiger partial charge in [-0.25, -0.2) is 15.0 Å². The summed E-state index contributed by atoms with van der Waals surface area (Å²) >= 11 is 0. The van der Waals surface area contributed by atoms with Gasteiger partial charge >= 0.3 is 0 Å². The van der Waals surface area contributed by atoms with E-state index >= 15 is 0 Å². The highest BCUT2D eigenvalue weighted by atomic mass is 16.3. The number of furan rings is 2. The van der Waals surface area contributed by atoms with Crippen LogP contribution in [0.25, 0.3) is 149 Å². The molecule has 0 fully saturated rings. The zero-order chi connectivity index (χ0) is 43.7. The second-order valence-electron chi connectivity index (χ2n) is 17.6. The average molecular weight is 855 g/mol. The standard InChI is InChI=1S/C61H34N4O2/c1-2-12-36-27-41(22-21-35(36)11-1)59-62-60(42-23-25-55-49(30-42)45-18-9-10-20-54(45)66-55)64-61(63-59)43-24-26-56-50(31-43)58-46-19-8-7-17-44(46)53(34-57(58)67-56)65-51-32-39-15-5-3-13-37(39)28-47(51)48-29-38-14-4-6-16-40(38)33-52(48)65/h1-34H. The summed E-state index contributed by atoms with van der Waals surface area (Å²) in [6.45, 7) is 0. The van der Waals surface area contributed by atoms with E-state index in [4.69, 9.17) is 23.8 Å². The molecule has 67 heavy (non-hydrogen) atoms. The van der Waals surface area contributed by atoms with Gasteiger partial charge in [0.25, 0.3) is 0 Å². The smallest absolute Gasteiger partial charge is 0.164 e. The van der Waals surface area contributed by atoms with Crippen LogP contribution in [0.15, 0.2) is 215 Å². The van der Waals surface area contributed by atoms with Gasteiger partial charge in [-0.1, -0.05) is 127 Å². The molecule has 0 atom stereocenters. The van der Waals surface area contributed by atoms with Crippen LogP contribution in [0.2, 0.25) is 0 Å². The first-order chi connectivity index (χ1) is 33.1. The third-order valence-corrected chi connectivity index (χ3v) is 13.7. The number of hydrogen-bond acceptors (Lipinski definition) is 5. The van der Waals surface area contributed by atoms with Gasteiger partial charge in [0.15, 0.2) is 17.5 Å². The maximum absolute atomic E-state index is 6.87. The zero-order valence-corrected chi connectivity index (χ0v) is 35.7. The Labute approximate surface area is 381 Å². The van der Waals surface area contributed by atoms with Crippen molar-refractivity contribution in [1.82, 2.24) is 19.5 Å². The normalized spacial score (nSPS) is 12.2. The lowest BCUT2D eigenvalue weighted by Gasteiger charge is -2.13. The molecule has 0 unspecified atom stereocenters. The molecule has 0 saturated heterocycles. The molecule has 0 aliphatic carbocycles. The fraction of sp³-hybridized carbons (Fsp3) is 0. The summed E-state index contributed by atoms with van der Waals surface area (Å²) in [4.78, 5) is 15.6. The highest BCUT2D eigenvalue weighted by Crippen LogP contribution is 2.44. The summed E-state index contributed by atoms with van der Waals surface area (Å²) in [7, 11) is 0. The first-order valence-electron chi connectivity index (χ1n) is 22.6. The van der Waals surface area contributed by atoms with Crippen molar-refractivity contribution in [3.05, 3.63) is 206 Å². The fourth-order valence-corrected chi connectivity index (χ4v) is 10.6. The van der Waals surface area contributed by atoms with Crippen LogP contribution in [0, 0.1) is 0 Å². The zero-order valence-electron chi connectivity index (χ0n) is 35.7. The van der Waals surface area contributed by atoms with Crippen molar-refractivity contribution in [3.8, 4) is 39.9 Å². The number of benzene rings is 11. The molecule has 6 nitrogen and oxygen atoms in total. The van der Waals surface area contributed by atoms with Crippen LogP contribution < -0.4 is 0 Å². The lowest BCUT2D eigenvalue weighted by molar-refractivity contribution is 0.668. The minimum Gasteiger partial charge on any atom is -0.456 e. The van der Waals surface area contributed by atoms with E-state index in [2.05, 4.69) is 180 Å². The Balaban J connectivity index is 0.955.